The molecule has 3 aliphatic rings. The molecule has 6 N–H and O–H groups in total. The number of rotatable bonds is 17. The number of aromatic nitrogens is 12. The number of hydrogen-bond acceptors (Lipinski definition) is 16. The van der Waals surface area contributed by atoms with Crippen molar-refractivity contribution in [1.29, 1.82) is 0 Å². The quantitative estimate of drug-likeness (QED) is 0.0569. The SMILES string of the molecule is CCN=CCC(N)=Nc1ncc2c(n1)-c1c(nn(C)c1-c1cccc(C3Cc4nn(C)c(-c5ccc(F)cc5)c4-c4nc(N=C(N)CC=NC)ncc43)c1)CC2c1cccc(-c2c3c(nn2C)CC(C)c2cnc(N=C(N)CC=NCC(=O)N(C)C)nc2-3)c1. The number of aliphatic imine (C=N–C) groups is 6. The van der Waals surface area contributed by atoms with Crippen LogP contribution in [0.5, 0.6) is 0 Å². The largest absolute Gasteiger partial charge is 0.387 e. The zero-order valence-corrected chi connectivity index (χ0v) is 50.8. The fourth-order valence-corrected chi connectivity index (χ4v) is 12.1. The number of amides is 1. The van der Waals surface area contributed by atoms with E-state index in [9.17, 15) is 9.18 Å². The van der Waals surface area contributed by atoms with Gasteiger partial charge in [0.05, 0.1) is 51.2 Å². The molecule has 3 aromatic carbocycles. The van der Waals surface area contributed by atoms with E-state index in [1.54, 1.807) is 51.9 Å². The predicted octanol–water partition coefficient (Wildman–Crippen LogP) is 8.52. The highest BCUT2D eigenvalue weighted by Crippen LogP contribution is 2.50. The van der Waals surface area contributed by atoms with Gasteiger partial charge in [0.2, 0.25) is 5.91 Å². The monoisotopic (exact) mass is 1190 g/mol. The molecule has 0 bridgehead atoms. The lowest BCUT2D eigenvalue weighted by Crippen LogP contribution is -2.24. The summed E-state index contributed by atoms with van der Waals surface area (Å²) in [7, 11) is 10.9. The van der Waals surface area contributed by atoms with E-state index >= 15 is 0 Å². The predicted molar refractivity (Wildman–Crippen MR) is 345 cm³/mol. The van der Waals surface area contributed by atoms with Crippen LogP contribution in [0.15, 0.2) is 121 Å². The van der Waals surface area contributed by atoms with Crippen molar-refractivity contribution in [2.24, 2.45) is 68.3 Å². The minimum atomic E-state index is -0.336. The van der Waals surface area contributed by atoms with E-state index in [4.69, 9.17) is 62.4 Å². The van der Waals surface area contributed by atoms with Crippen molar-refractivity contribution in [1.82, 2.24) is 64.1 Å². The molecule has 23 nitrogen and oxygen atoms in total. The first-order valence-corrected chi connectivity index (χ1v) is 29.4. The maximum Gasteiger partial charge on any atom is 0.251 e. The second-order valence-electron chi connectivity index (χ2n) is 22.5. The lowest BCUT2D eigenvalue weighted by Gasteiger charge is -2.26. The molecule has 89 heavy (non-hydrogen) atoms. The Morgan fingerprint density at radius 1 is 0.596 bits per heavy atom. The summed E-state index contributed by atoms with van der Waals surface area (Å²) >= 11 is 0. The minimum Gasteiger partial charge on any atom is -0.387 e. The van der Waals surface area contributed by atoms with Crippen molar-refractivity contribution in [2.45, 2.75) is 70.1 Å². The van der Waals surface area contributed by atoms with Crippen LogP contribution in [0.4, 0.5) is 22.2 Å². The maximum atomic E-state index is 14.3. The number of carbonyl (C=O) groups is 1. The molecule has 3 aliphatic carbocycles. The summed E-state index contributed by atoms with van der Waals surface area (Å²) in [6.45, 7) is 4.76. The molecule has 9 aromatic rings. The maximum absolute atomic E-state index is 14.3. The Morgan fingerprint density at radius 3 is 1.48 bits per heavy atom. The van der Waals surface area contributed by atoms with E-state index in [-0.39, 0.29) is 66.1 Å². The van der Waals surface area contributed by atoms with Crippen molar-refractivity contribution in [2.75, 3.05) is 34.2 Å². The third kappa shape index (κ3) is 11.6. The van der Waals surface area contributed by atoms with Gasteiger partial charge in [-0.25, -0.2) is 34.3 Å². The van der Waals surface area contributed by atoms with E-state index in [1.807, 2.05) is 60.7 Å². The fourth-order valence-electron chi connectivity index (χ4n) is 12.1. The molecule has 3 atom stereocenters. The number of aryl methyl sites for hydroxylation is 3. The molecule has 6 heterocycles. The zero-order valence-electron chi connectivity index (χ0n) is 50.8. The van der Waals surface area contributed by atoms with Gasteiger partial charge in [-0.2, -0.15) is 30.3 Å². The van der Waals surface area contributed by atoms with Crippen LogP contribution >= 0.6 is 0 Å². The number of hydrogen-bond donors (Lipinski definition) is 3. The van der Waals surface area contributed by atoms with Crippen molar-refractivity contribution >= 4 is 59.9 Å². The lowest BCUT2D eigenvalue weighted by molar-refractivity contribution is -0.127. The Balaban J connectivity index is 0.927. The van der Waals surface area contributed by atoms with E-state index < -0.39 is 0 Å². The number of carbonyl (C=O) groups excluding carboxylic acids is 1. The normalized spacial score (nSPS) is 16.4. The standard InChI is InChI=1S/C65H67FN22O/c1-9-71-24-21-51(68)77-65-75-33-46-43(37-12-10-14-39(27-37)61-54-47(82-87(61)7)26-35(2)44-31-73-63(79-57(44)54)78-52(69)22-25-72-34-53(89)85(4)5)30-49-56(59(46)81-65)62(88(8)84-49)40-15-11-13-38(28-40)42-29-48-55(60(86(6)83-48)36-16-18-41(66)19-17-36)58-45(42)32-74-64(80-58)76-50(67)20-23-70-3/h10-19,23-25,27-28,31-33,35,42-43H,9,20-22,26,29-30,34H2,1-8H3,(H2,67,74,76,80)(H2,68,75,77,81)(H2,69,73,78,79). The summed E-state index contributed by atoms with van der Waals surface area (Å²) in [6.07, 6.45) is 13.2. The third-order valence-electron chi connectivity index (χ3n) is 16.3. The molecule has 0 fully saturated rings. The zero-order chi connectivity index (χ0) is 62.2. The molecular formula is C65H67FN22O. The van der Waals surface area contributed by atoms with E-state index in [0.717, 1.165) is 101 Å². The van der Waals surface area contributed by atoms with Crippen LogP contribution in [0.3, 0.4) is 0 Å². The van der Waals surface area contributed by atoms with Gasteiger partial charge in [0.1, 0.15) is 29.9 Å². The van der Waals surface area contributed by atoms with Crippen molar-refractivity contribution in [3.8, 4) is 67.5 Å². The van der Waals surface area contributed by atoms with E-state index in [0.29, 0.717) is 61.7 Å². The number of benzene rings is 3. The van der Waals surface area contributed by atoms with Crippen LogP contribution in [0.25, 0.3) is 67.5 Å². The van der Waals surface area contributed by atoms with Gasteiger partial charge in [-0.1, -0.05) is 43.3 Å². The molecule has 450 valence electrons. The summed E-state index contributed by atoms with van der Waals surface area (Å²) in [5, 5.41) is 15.5. The molecule has 3 unspecified atom stereocenters. The van der Waals surface area contributed by atoms with Crippen LogP contribution in [-0.4, -0.2) is 140 Å². The van der Waals surface area contributed by atoms with E-state index in [1.165, 1.54) is 17.0 Å². The second-order valence-corrected chi connectivity index (χ2v) is 22.5. The summed E-state index contributed by atoms with van der Waals surface area (Å²) in [5.41, 5.74) is 36.5. The Hall–Kier alpha value is -10.6. The Bertz CT molecular complexity index is 4430. The number of likely N-dealkylation sites (N-methyl/N-ethyl adjacent to an activating group) is 1. The molecule has 0 saturated carbocycles. The molecule has 0 radical (unpaired) electrons. The Morgan fingerprint density at radius 2 is 1.02 bits per heavy atom. The van der Waals surface area contributed by atoms with Gasteiger partial charge < -0.3 is 27.1 Å². The summed E-state index contributed by atoms with van der Waals surface area (Å²) in [4.78, 5) is 69.7. The first kappa shape index (κ1) is 58.7. The number of nitrogens with two attached hydrogens (primary N) is 3. The van der Waals surface area contributed by atoms with Gasteiger partial charge in [-0.05, 0) is 66.8 Å². The number of fused-ring (bicyclic) bond motifs is 9. The van der Waals surface area contributed by atoms with Crippen LogP contribution < -0.4 is 17.2 Å². The average Bonchev–Trinajstić information content (AvgIpc) is 1.72. The molecule has 12 rings (SSSR count). The lowest BCUT2D eigenvalue weighted by atomic mass is 9.78. The third-order valence-corrected chi connectivity index (χ3v) is 16.3. The smallest absolute Gasteiger partial charge is 0.251 e. The molecule has 0 spiro atoms. The van der Waals surface area contributed by atoms with Gasteiger partial charge in [0.25, 0.3) is 17.8 Å². The van der Waals surface area contributed by atoms with Gasteiger partial charge in [-0.3, -0.25) is 28.8 Å². The van der Waals surface area contributed by atoms with Crippen LogP contribution in [0.2, 0.25) is 0 Å². The number of nitrogens with zero attached hydrogens (tertiary/aromatic N) is 19. The molecule has 24 heteroatoms. The Labute approximate surface area is 513 Å². The van der Waals surface area contributed by atoms with Crippen molar-refractivity contribution in [3.63, 3.8) is 0 Å². The highest BCUT2D eigenvalue weighted by molar-refractivity contribution is 5.96. The molecule has 1 amide bonds. The van der Waals surface area contributed by atoms with Crippen molar-refractivity contribution in [3.05, 3.63) is 142 Å². The minimum absolute atomic E-state index is 0.0189. The summed E-state index contributed by atoms with van der Waals surface area (Å²) < 4.78 is 20.0. The van der Waals surface area contributed by atoms with Gasteiger partial charge in [0.15, 0.2) is 0 Å². The number of amidine groups is 3. The van der Waals surface area contributed by atoms with Gasteiger partial charge in [-0.15, -0.1) is 0 Å². The highest BCUT2D eigenvalue weighted by Gasteiger charge is 2.38. The van der Waals surface area contributed by atoms with Gasteiger partial charge in [0, 0.05) is 180 Å². The van der Waals surface area contributed by atoms with Crippen molar-refractivity contribution < 1.29 is 9.18 Å². The van der Waals surface area contributed by atoms with Crippen LogP contribution in [-0.2, 0) is 45.2 Å². The van der Waals surface area contributed by atoms with Gasteiger partial charge >= 0.3 is 0 Å². The molecular weight excluding hydrogens is 1120 g/mol. The van der Waals surface area contributed by atoms with E-state index in [2.05, 4.69) is 85.4 Å². The Kier molecular flexibility index (Phi) is 16.2. The summed E-state index contributed by atoms with van der Waals surface area (Å²) in [6, 6.07) is 23.4. The topological polar surface area (TPSA) is 303 Å². The fraction of sp³-hybridized carbons (Fsp3) is 0.292. The molecule has 0 aliphatic heterocycles. The summed E-state index contributed by atoms with van der Waals surface area (Å²) in [5.74, 6) is 0.720. The van der Waals surface area contributed by atoms with Crippen LogP contribution in [0, 0.1) is 5.82 Å². The first-order valence-electron chi connectivity index (χ1n) is 29.4. The molecule has 0 saturated heterocycles. The van der Waals surface area contributed by atoms with Crippen LogP contribution in [0.1, 0.15) is 95.8 Å². The highest BCUT2D eigenvalue weighted by atomic mass is 19.1. The average molecular weight is 1190 g/mol. The molecule has 6 aromatic heterocycles. The second kappa shape index (κ2) is 24.6. The number of halogens is 1. The first-order chi connectivity index (χ1) is 43.0.